The first-order valence-corrected chi connectivity index (χ1v) is 7.58. The van der Waals surface area contributed by atoms with Gasteiger partial charge in [0, 0.05) is 5.69 Å². The molecular formula is C12H11N5O6S. The van der Waals surface area contributed by atoms with E-state index >= 15 is 0 Å². The maximum Gasteiger partial charge on any atom is 0.334 e. The monoisotopic (exact) mass is 353 g/mol. The molecule has 0 aliphatic rings. The average molecular weight is 353 g/mol. The summed E-state index contributed by atoms with van der Waals surface area (Å²) in [7, 11) is -4.65. The summed E-state index contributed by atoms with van der Waals surface area (Å²) in [6.07, 6.45) is 0. The molecule has 11 nitrogen and oxygen atoms in total. The van der Waals surface area contributed by atoms with Crippen LogP contribution in [-0.2, 0) is 14.4 Å². The summed E-state index contributed by atoms with van der Waals surface area (Å²) < 4.78 is 26.9. The van der Waals surface area contributed by atoms with Crippen molar-refractivity contribution in [3.8, 4) is 5.75 Å². The molecule has 0 aliphatic carbocycles. The molecule has 0 aromatic heterocycles. The first-order valence-electron chi connectivity index (χ1n) is 6.18. The van der Waals surface area contributed by atoms with E-state index in [1.54, 1.807) is 0 Å². The van der Waals surface area contributed by atoms with Crippen LogP contribution in [0.25, 0.3) is 0 Å². The molecule has 12 heteroatoms. The molecule has 2 rings (SSSR count). The molecule has 2 aromatic carbocycles. The number of rotatable bonds is 5. The van der Waals surface area contributed by atoms with Crippen LogP contribution in [0.4, 0.5) is 22.7 Å². The maximum atomic E-state index is 11.6. The zero-order valence-electron chi connectivity index (χ0n) is 11.9. The lowest BCUT2D eigenvalue weighted by molar-refractivity contribution is -0.711. The number of nitrogen functional groups attached to an aromatic ring is 2. The fourth-order valence-electron chi connectivity index (χ4n) is 1.63. The van der Waals surface area contributed by atoms with E-state index in [0.717, 1.165) is 18.2 Å². The lowest BCUT2D eigenvalue weighted by atomic mass is 10.2. The molecule has 5 N–H and O–H groups in total. The highest BCUT2D eigenvalue weighted by Gasteiger charge is 2.20. The largest absolute Gasteiger partial charge is 0.506 e. The van der Waals surface area contributed by atoms with Crippen molar-refractivity contribution in [3.05, 3.63) is 46.5 Å². The summed E-state index contributed by atoms with van der Waals surface area (Å²) in [6.45, 7) is 0. The molecule has 0 saturated heterocycles. The van der Waals surface area contributed by atoms with E-state index in [2.05, 4.69) is 14.5 Å². The van der Waals surface area contributed by atoms with Gasteiger partial charge >= 0.3 is 15.2 Å². The van der Waals surface area contributed by atoms with E-state index in [-0.39, 0.29) is 17.1 Å². The molecule has 0 saturated carbocycles. The Bertz CT molecular complexity index is 928. The predicted molar refractivity (Wildman–Crippen MR) is 82.8 cm³/mol. The van der Waals surface area contributed by atoms with E-state index in [1.807, 2.05) is 0 Å². The Labute approximate surface area is 135 Å². The number of hydrogen-bond donors (Lipinski definition) is 3. The zero-order chi connectivity index (χ0) is 17.9. The number of aromatic hydroxyl groups is 1. The van der Waals surface area contributed by atoms with E-state index in [4.69, 9.17) is 11.5 Å². The van der Waals surface area contributed by atoms with Gasteiger partial charge < -0.3 is 16.6 Å². The number of azo groups is 1. The van der Waals surface area contributed by atoms with Gasteiger partial charge in [0.1, 0.15) is 17.1 Å². The maximum absolute atomic E-state index is 11.6. The van der Waals surface area contributed by atoms with Crippen LogP contribution in [-0.4, -0.2) is 18.6 Å². The highest BCUT2D eigenvalue weighted by molar-refractivity contribution is 7.86. The number of hydrogen-bond acceptors (Lipinski definition) is 10. The quantitative estimate of drug-likeness (QED) is 0.314. The lowest BCUT2D eigenvalue weighted by Crippen LogP contribution is -2.11. The molecule has 0 amide bonds. The minimum atomic E-state index is -4.65. The van der Waals surface area contributed by atoms with Gasteiger partial charge in [-0.3, -0.25) is 0 Å². The number of phenolic OH excluding ortho intramolecular Hbond substituents is 1. The Morgan fingerprint density at radius 3 is 2.38 bits per heavy atom. The van der Waals surface area contributed by atoms with Crippen molar-refractivity contribution in [1.82, 2.24) is 0 Å². The summed E-state index contributed by atoms with van der Waals surface area (Å²) in [5.74, 6) is -0.396. The third kappa shape index (κ3) is 3.86. The number of benzene rings is 2. The number of anilines is 2. The highest BCUT2D eigenvalue weighted by Crippen LogP contribution is 2.32. The molecule has 0 aliphatic heterocycles. The molecule has 2 aromatic rings. The summed E-state index contributed by atoms with van der Waals surface area (Å²) in [6, 6.07) is 7.21. The van der Waals surface area contributed by atoms with Crippen molar-refractivity contribution in [3.63, 3.8) is 0 Å². The summed E-state index contributed by atoms with van der Waals surface area (Å²) in [5, 5.41) is 25.9. The third-order valence-corrected chi connectivity index (χ3v) is 3.86. The van der Waals surface area contributed by atoms with Gasteiger partial charge in [-0.25, -0.2) is 0 Å². The number of nitrogens with zero attached hydrogens (tertiary/aromatic N) is 3. The normalized spacial score (nSPS) is 11.5. The Kier molecular flexibility index (Phi) is 4.50. The molecule has 24 heavy (non-hydrogen) atoms. The zero-order valence-corrected chi connectivity index (χ0v) is 12.7. The Hall–Kier alpha value is -3.41. The van der Waals surface area contributed by atoms with Crippen molar-refractivity contribution in [1.29, 1.82) is 0 Å². The SMILES string of the molecule is Nc1ccc(N=Nc2cc(S(=O)(=O)O[N+](=O)[O-])ccc2O)c(N)c1. The van der Waals surface area contributed by atoms with Gasteiger partial charge in [0.05, 0.1) is 10.6 Å². The van der Waals surface area contributed by atoms with Crippen molar-refractivity contribution < 1.29 is 22.9 Å². The van der Waals surface area contributed by atoms with E-state index in [0.29, 0.717) is 5.69 Å². The molecule has 0 radical (unpaired) electrons. The van der Waals surface area contributed by atoms with Crippen molar-refractivity contribution in [2.75, 3.05) is 11.5 Å². The van der Waals surface area contributed by atoms with Crippen LogP contribution in [0.5, 0.6) is 5.75 Å². The Morgan fingerprint density at radius 1 is 1.08 bits per heavy atom. The van der Waals surface area contributed by atoms with Gasteiger partial charge in [-0.05, 0) is 36.4 Å². The molecular weight excluding hydrogens is 342 g/mol. The number of nitrogens with two attached hydrogens (primary N) is 2. The number of phenols is 1. The van der Waals surface area contributed by atoms with Crippen molar-refractivity contribution >= 4 is 32.9 Å². The van der Waals surface area contributed by atoms with Gasteiger partial charge in [-0.15, -0.1) is 20.3 Å². The van der Waals surface area contributed by atoms with Gasteiger partial charge in [0.15, 0.2) is 0 Å². The first kappa shape index (κ1) is 17.0. The summed E-state index contributed by atoms with van der Waals surface area (Å²) >= 11 is 0. The van der Waals surface area contributed by atoms with Gasteiger partial charge in [-0.1, -0.05) is 0 Å². The fourth-order valence-corrected chi connectivity index (χ4v) is 2.37. The Morgan fingerprint density at radius 2 is 1.75 bits per heavy atom. The molecule has 126 valence electrons. The standard InChI is InChI=1S/C12H11N5O6S/c13-7-1-3-10(9(14)5-7)15-16-11-6-8(2-4-12(11)18)24(21,22)23-17(19)20/h1-6,18H,13-14H2. The van der Waals surface area contributed by atoms with Crippen LogP contribution < -0.4 is 11.5 Å². The smallest absolute Gasteiger partial charge is 0.334 e. The molecule has 0 heterocycles. The minimum Gasteiger partial charge on any atom is -0.506 e. The predicted octanol–water partition coefficient (Wildman–Crippen LogP) is 1.87. The topological polar surface area (TPSA) is 184 Å². The van der Waals surface area contributed by atoms with Crippen LogP contribution in [0.15, 0.2) is 51.5 Å². The average Bonchev–Trinajstić information content (AvgIpc) is 2.46. The second-order valence-electron chi connectivity index (χ2n) is 4.42. The van der Waals surface area contributed by atoms with Gasteiger partial charge in [0.2, 0.25) is 0 Å². The van der Waals surface area contributed by atoms with Crippen LogP contribution in [0.1, 0.15) is 0 Å². The van der Waals surface area contributed by atoms with Crippen LogP contribution in [0.3, 0.4) is 0 Å². The second kappa shape index (κ2) is 6.37. The van der Waals surface area contributed by atoms with Crippen molar-refractivity contribution in [2.45, 2.75) is 4.90 Å². The minimum absolute atomic E-state index is 0.221. The second-order valence-corrected chi connectivity index (χ2v) is 5.95. The van der Waals surface area contributed by atoms with Crippen LogP contribution in [0, 0.1) is 10.1 Å². The van der Waals surface area contributed by atoms with Crippen LogP contribution in [0.2, 0.25) is 0 Å². The Balaban J connectivity index is 2.39. The fraction of sp³-hybridized carbons (Fsp3) is 0. The third-order valence-electron chi connectivity index (χ3n) is 2.71. The molecule has 0 bridgehead atoms. The van der Waals surface area contributed by atoms with Gasteiger partial charge in [0.25, 0.3) is 0 Å². The summed E-state index contributed by atoms with van der Waals surface area (Å²) in [5.41, 5.74) is 11.8. The van der Waals surface area contributed by atoms with Crippen molar-refractivity contribution in [2.24, 2.45) is 10.2 Å². The molecule has 0 atom stereocenters. The molecule has 0 spiro atoms. The van der Waals surface area contributed by atoms with E-state index in [1.165, 1.54) is 18.2 Å². The highest BCUT2D eigenvalue weighted by atomic mass is 32.2. The lowest BCUT2D eigenvalue weighted by Gasteiger charge is -2.04. The van der Waals surface area contributed by atoms with Gasteiger partial charge in [-0.2, -0.15) is 12.7 Å². The van der Waals surface area contributed by atoms with E-state index in [9.17, 15) is 23.6 Å². The molecule has 0 unspecified atom stereocenters. The van der Waals surface area contributed by atoms with E-state index < -0.39 is 25.8 Å². The molecule has 0 fully saturated rings. The first-order chi connectivity index (χ1) is 11.2. The summed E-state index contributed by atoms with van der Waals surface area (Å²) in [4.78, 5) is 9.63. The van der Waals surface area contributed by atoms with Crippen LogP contribution >= 0.6 is 0 Å².